The van der Waals surface area contributed by atoms with Gasteiger partial charge in [-0.15, -0.1) is 0 Å². The van der Waals surface area contributed by atoms with E-state index < -0.39 is 11.9 Å². The summed E-state index contributed by atoms with van der Waals surface area (Å²) in [4.78, 5) is 7.51. The molecule has 20 heavy (non-hydrogen) atoms. The van der Waals surface area contributed by atoms with Gasteiger partial charge < -0.3 is 5.32 Å². The van der Waals surface area contributed by atoms with Gasteiger partial charge in [0.2, 0.25) is 5.95 Å². The maximum Gasteiger partial charge on any atom is 0.433 e. The molecule has 2 rings (SSSR count). The number of rotatable bonds is 3. The maximum absolute atomic E-state index is 12.7. The number of nitrogens with one attached hydrogen (secondary N) is 1. The number of aromatic nitrogens is 2. The SMILES string of the molecule is Cc1cc(C(F)(F)F)nc(NC(C)c2ccccc2)n1. The molecule has 1 atom stereocenters. The van der Waals surface area contributed by atoms with Gasteiger partial charge in [-0.1, -0.05) is 30.3 Å². The molecule has 0 aliphatic heterocycles. The van der Waals surface area contributed by atoms with Crippen molar-refractivity contribution in [2.24, 2.45) is 0 Å². The third-order valence-electron chi connectivity index (χ3n) is 2.79. The van der Waals surface area contributed by atoms with Gasteiger partial charge in [-0.3, -0.25) is 0 Å². The van der Waals surface area contributed by atoms with E-state index in [0.29, 0.717) is 0 Å². The lowest BCUT2D eigenvalue weighted by molar-refractivity contribution is -0.141. The number of hydrogen-bond donors (Lipinski definition) is 1. The number of hydrogen-bond acceptors (Lipinski definition) is 3. The van der Waals surface area contributed by atoms with Crippen LogP contribution in [0.3, 0.4) is 0 Å². The lowest BCUT2D eigenvalue weighted by Gasteiger charge is -2.15. The summed E-state index contributed by atoms with van der Waals surface area (Å²) in [5, 5.41) is 2.89. The zero-order valence-electron chi connectivity index (χ0n) is 11.1. The molecule has 0 saturated carbocycles. The molecule has 1 aromatic carbocycles. The Morgan fingerprint density at radius 2 is 1.75 bits per heavy atom. The van der Waals surface area contributed by atoms with Crippen molar-refractivity contribution in [2.45, 2.75) is 26.1 Å². The zero-order chi connectivity index (χ0) is 14.8. The molecule has 1 unspecified atom stereocenters. The van der Waals surface area contributed by atoms with Crippen LogP contribution in [0, 0.1) is 6.92 Å². The monoisotopic (exact) mass is 281 g/mol. The Hall–Kier alpha value is -2.11. The van der Waals surface area contributed by atoms with Crippen LogP contribution in [0.15, 0.2) is 36.4 Å². The van der Waals surface area contributed by atoms with E-state index in [4.69, 9.17) is 0 Å². The van der Waals surface area contributed by atoms with E-state index in [1.807, 2.05) is 37.3 Å². The number of anilines is 1. The summed E-state index contributed by atoms with van der Waals surface area (Å²) >= 11 is 0. The number of benzene rings is 1. The van der Waals surface area contributed by atoms with Gasteiger partial charge >= 0.3 is 6.18 Å². The van der Waals surface area contributed by atoms with Crippen molar-refractivity contribution in [1.82, 2.24) is 9.97 Å². The molecule has 1 N–H and O–H groups in total. The molecule has 0 amide bonds. The Morgan fingerprint density at radius 3 is 2.35 bits per heavy atom. The van der Waals surface area contributed by atoms with Crippen LogP contribution in [0.4, 0.5) is 19.1 Å². The average molecular weight is 281 g/mol. The highest BCUT2D eigenvalue weighted by molar-refractivity contribution is 5.33. The summed E-state index contributed by atoms with van der Waals surface area (Å²) < 4.78 is 38.1. The quantitative estimate of drug-likeness (QED) is 0.924. The highest BCUT2D eigenvalue weighted by atomic mass is 19.4. The van der Waals surface area contributed by atoms with Gasteiger partial charge in [0.15, 0.2) is 0 Å². The number of aryl methyl sites for hydroxylation is 1. The largest absolute Gasteiger partial charge is 0.433 e. The molecule has 3 nitrogen and oxygen atoms in total. The third kappa shape index (κ3) is 3.46. The van der Waals surface area contributed by atoms with Crippen LogP contribution in [-0.2, 0) is 6.18 Å². The van der Waals surface area contributed by atoms with E-state index >= 15 is 0 Å². The Morgan fingerprint density at radius 1 is 1.10 bits per heavy atom. The number of nitrogens with zero attached hydrogens (tertiary/aromatic N) is 2. The van der Waals surface area contributed by atoms with Crippen molar-refractivity contribution in [2.75, 3.05) is 5.32 Å². The van der Waals surface area contributed by atoms with Gasteiger partial charge in [-0.25, -0.2) is 9.97 Å². The average Bonchev–Trinajstić information content (AvgIpc) is 2.38. The first-order chi connectivity index (χ1) is 9.36. The standard InChI is InChI=1S/C14H14F3N3/c1-9-8-12(14(15,16)17)20-13(18-9)19-10(2)11-6-4-3-5-7-11/h3-8,10H,1-2H3,(H,18,19,20). The van der Waals surface area contributed by atoms with Crippen molar-refractivity contribution in [3.63, 3.8) is 0 Å². The van der Waals surface area contributed by atoms with Gasteiger partial charge in [0, 0.05) is 5.69 Å². The molecule has 0 aliphatic rings. The summed E-state index contributed by atoms with van der Waals surface area (Å²) in [5.74, 6) is -0.0197. The zero-order valence-corrected chi connectivity index (χ0v) is 11.1. The predicted molar refractivity (Wildman–Crippen MR) is 70.3 cm³/mol. The molecular formula is C14H14F3N3. The number of halogens is 3. The van der Waals surface area contributed by atoms with Gasteiger partial charge in [0.25, 0.3) is 0 Å². The molecule has 0 bridgehead atoms. The van der Waals surface area contributed by atoms with Crippen LogP contribution >= 0.6 is 0 Å². The fourth-order valence-corrected chi connectivity index (χ4v) is 1.80. The minimum absolute atomic E-state index is 0.0197. The fraction of sp³-hybridized carbons (Fsp3) is 0.286. The van der Waals surface area contributed by atoms with E-state index in [1.54, 1.807) is 0 Å². The van der Waals surface area contributed by atoms with Crippen molar-refractivity contribution in [1.29, 1.82) is 0 Å². The predicted octanol–water partition coefficient (Wildman–Crippen LogP) is 3.98. The Balaban J connectivity index is 2.24. The molecule has 106 valence electrons. The van der Waals surface area contributed by atoms with Gasteiger partial charge in [0.1, 0.15) is 5.69 Å². The van der Waals surface area contributed by atoms with Crippen LogP contribution in [0.5, 0.6) is 0 Å². The fourth-order valence-electron chi connectivity index (χ4n) is 1.80. The van der Waals surface area contributed by atoms with Crippen molar-refractivity contribution in [3.05, 3.63) is 53.3 Å². The summed E-state index contributed by atoms with van der Waals surface area (Å²) in [6.07, 6.45) is -4.47. The molecule has 6 heteroatoms. The summed E-state index contributed by atoms with van der Waals surface area (Å²) in [7, 11) is 0. The van der Waals surface area contributed by atoms with Crippen molar-refractivity contribution >= 4 is 5.95 Å². The van der Waals surface area contributed by atoms with Gasteiger partial charge in [-0.2, -0.15) is 13.2 Å². The molecule has 2 aromatic rings. The molecular weight excluding hydrogens is 267 g/mol. The highest BCUT2D eigenvalue weighted by Gasteiger charge is 2.33. The first-order valence-electron chi connectivity index (χ1n) is 6.10. The second-order valence-corrected chi connectivity index (χ2v) is 4.49. The highest BCUT2D eigenvalue weighted by Crippen LogP contribution is 2.29. The van der Waals surface area contributed by atoms with E-state index in [2.05, 4.69) is 15.3 Å². The van der Waals surface area contributed by atoms with Crippen LogP contribution < -0.4 is 5.32 Å². The minimum Gasteiger partial charge on any atom is -0.348 e. The molecule has 0 fully saturated rings. The minimum atomic E-state index is -4.47. The van der Waals surface area contributed by atoms with Crippen molar-refractivity contribution in [3.8, 4) is 0 Å². The van der Waals surface area contributed by atoms with Crippen LogP contribution in [-0.4, -0.2) is 9.97 Å². The number of alkyl halides is 3. The molecule has 0 radical (unpaired) electrons. The molecule has 0 spiro atoms. The molecule has 0 saturated heterocycles. The van der Waals surface area contributed by atoms with Gasteiger partial charge in [-0.05, 0) is 25.5 Å². The Kier molecular flexibility index (Phi) is 3.92. The van der Waals surface area contributed by atoms with Gasteiger partial charge in [0.05, 0.1) is 6.04 Å². The Labute approximate surface area is 114 Å². The lowest BCUT2D eigenvalue weighted by atomic mass is 10.1. The van der Waals surface area contributed by atoms with Crippen LogP contribution in [0.2, 0.25) is 0 Å². The van der Waals surface area contributed by atoms with E-state index in [9.17, 15) is 13.2 Å². The van der Waals surface area contributed by atoms with Crippen LogP contribution in [0.1, 0.15) is 29.9 Å². The van der Waals surface area contributed by atoms with E-state index in [-0.39, 0.29) is 17.7 Å². The van der Waals surface area contributed by atoms with E-state index in [1.165, 1.54) is 6.92 Å². The van der Waals surface area contributed by atoms with E-state index in [0.717, 1.165) is 11.6 Å². The molecule has 1 heterocycles. The van der Waals surface area contributed by atoms with Crippen LogP contribution in [0.25, 0.3) is 0 Å². The van der Waals surface area contributed by atoms with Crippen molar-refractivity contribution < 1.29 is 13.2 Å². The topological polar surface area (TPSA) is 37.8 Å². The second kappa shape index (κ2) is 5.48. The first-order valence-corrected chi connectivity index (χ1v) is 6.10. The first kappa shape index (κ1) is 14.3. The molecule has 1 aromatic heterocycles. The maximum atomic E-state index is 12.7. The second-order valence-electron chi connectivity index (χ2n) is 4.49. The lowest BCUT2D eigenvalue weighted by Crippen LogP contribution is -2.14. The summed E-state index contributed by atoms with van der Waals surface area (Å²) in [6, 6.07) is 10.1. The third-order valence-corrected chi connectivity index (χ3v) is 2.79. The molecule has 0 aliphatic carbocycles. The smallest absolute Gasteiger partial charge is 0.348 e. The normalized spacial score (nSPS) is 13.1. The Bertz CT molecular complexity index is 582. The summed E-state index contributed by atoms with van der Waals surface area (Å²) in [5.41, 5.74) is 0.286. The summed E-state index contributed by atoms with van der Waals surface area (Å²) in [6.45, 7) is 3.35.